The summed E-state index contributed by atoms with van der Waals surface area (Å²) in [6.45, 7) is -0.761. The van der Waals surface area contributed by atoms with Crippen LogP contribution in [-0.2, 0) is 24.8 Å². The minimum absolute atomic E-state index is 0.167. The van der Waals surface area contributed by atoms with Crippen LogP contribution in [0.25, 0.3) is 0 Å². The maximum Gasteiger partial charge on any atom is 0.507 e. The first-order valence-electron chi connectivity index (χ1n) is 9.40. The highest BCUT2D eigenvalue weighted by Crippen LogP contribution is 2.54. The molecule has 1 aromatic rings. The molecule has 0 aliphatic carbocycles. The molecule has 2 aliphatic heterocycles. The Morgan fingerprint density at radius 1 is 1.19 bits per heavy atom. The number of hydrogen-bond acceptors (Lipinski definition) is 8. The van der Waals surface area contributed by atoms with Crippen LogP contribution in [0.2, 0.25) is 0 Å². The summed E-state index contributed by atoms with van der Waals surface area (Å²) in [4.78, 5) is 51.4. The van der Waals surface area contributed by atoms with E-state index in [-0.39, 0.29) is 24.4 Å². The monoisotopic (exact) mass is 433 g/mol. The van der Waals surface area contributed by atoms with Crippen molar-refractivity contribution in [1.82, 2.24) is 9.80 Å². The van der Waals surface area contributed by atoms with Crippen LogP contribution in [0.4, 0.5) is 4.79 Å². The summed E-state index contributed by atoms with van der Waals surface area (Å²) in [6.07, 6.45) is -1.95. The molecule has 0 bridgehead atoms. The lowest BCUT2D eigenvalue weighted by molar-refractivity contribution is -0.166. The van der Waals surface area contributed by atoms with Gasteiger partial charge in [0.25, 0.3) is 0 Å². The van der Waals surface area contributed by atoms with E-state index in [0.717, 1.165) is 4.90 Å². The highest BCUT2D eigenvalue weighted by atomic mass is 16.7. The van der Waals surface area contributed by atoms with Crippen LogP contribution in [0, 0.1) is 17.2 Å². The second-order valence-electron chi connectivity index (χ2n) is 7.45. The molecule has 7 N–H and O–H groups in total. The van der Waals surface area contributed by atoms with Crippen molar-refractivity contribution in [2.24, 2.45) is 23.3 Å². The fourth-order valence-electron chi connectivity index (χ4n) is 4.58. The zero-order valence-corrected chi connectivity index (χ0v) is 16.6. The maximum absolute atomic E-state index is 13.1. The van der Waals surface area contributed by atoms with E-state index in [1.54, 1.807) is 0 Å². The number of carboxylic acid groups (broad SMARTS) is 1. The van der Waals surface area contributed by atoms with Crippen LogP contribution in [-0.4, -0.2) is 76.0 Å². The number of amidine groups is 1. The van der Waals surface area contributed by atoms with Crippen LogP contribution >= 0.6 is 0 Å². The first-order chi connectivity index (χ1) is 14.6. The molecule has 12 nitrogen and oxygen atoms in total. The molecule has 31 heavy (non-hydrogen) atoms. The van der Waals surface area contributed by atoms with Gasteiger partial charge in [-0.25, -0.2) is 4.79 Å². The molecule has 2 saturated heterocycles. The number of aliphatic hydroxyl groups excluding tert-OH is 1. The predicted molar refractivity (Wildman–Crippen MR) is 104 cm³/mol. The Labute approximate surface area is 176 Å². The van der Waals surface area contributed by atoms with Crippen LogP contribution in [0.15, 0.2) is 24.3 Å². The number of aliphatic hydroxyl groups is 1. The number of nitrogens with zero attached hydrogens (tertiary/aromatic N) is 2. The quantitative estimate of drug-likeness (QED) is 0.148. The Morgan fingerprint density at radius 3 is 2.29 bits per heavy atom. The molecule has 0 radical (unpaired) electrons. The van der Waals surface area contributed by atoms with Crippen molar-refractivity contribution in [2.45, 2.75) is 18.2 Å². The molecule has 12 heteroatoms. The summed E-state index contributed by atoms with van der Waals surface area (Å²) in [5.74, 6) is -4.58. The van der Waals surface area contributed by atoms with E-state index in [0.29, 0.717) is 5.56 Å². The highest BCUT2D eigenvalue weighted by molar-refractivity contribution is 6.06. The first kappa shape index (κ1) is 22.2. The number of benzene rings is 1. The van der Waals surface area contributed by atoms with Crippen molar-refractivity contribution in [3.05, 3.63) is 35.4 Å². The van der Waals surface area contributed by atoms with Gasteiger partial charge in [-0.1, -0.05) is 24.3 Å². The van der Waals surface area contributed by atoms with Gasteiger partial charge < -0.3 is 26.4 Å². The van der Waals surface area contributed by atoms with Gasteiger partial charge in [-0.3, -0.25) is 29.6 Å². The number of carbonyl (C=O) groups is 4. The number of rotatable bonds is 7. The lowest BCUT2D eigenvalue weighted by Gasteiger charge is -2.41. The highest BCUT2D eigenvalue weighted by Gasteiger charge is 2.71. The summed E-state index contributed by atoms with van der Waals surface area (Å²) >= 11 is 0. The van der Waals surface area contributed by atoms with E-state index in [1.807, 2.05) is 0 Å². The third-order valence-electron chi connectivity index (χ3n) is 5.87. The van der Waals surface area contributed by atoms with Gasteiger partial charge in [0.1, 0.15) is 11.8 Å². The van der Waals surface area contributed by atoms with E-state index in [9.17, 15) is 29.4 Å². The third-order valence-corrected chi connectivity index (χ3v) is 5.87. The number of imide groups is 1. The Balaban J connectivity index is 2.26. The summed E-state index contributed by atoms with van der Waals surface area (Å²) in [5.41, 5.74) is 9.27. The molecular formula is C19H23N5O7. The van der Waals surface area contributed by atoms with Gasteiger partial charge >= 0.3 is 6.16 Å². The van der Waals surface area contributed by atoms with Gasteiger partial charge in [-0.15, -0.1) is 0 Å². The molecule has 2 aliphatic rings. The minimum atomic E-state index is -2.01. The molecule has 166 valence electrons. The number of carbonyl (C=O) groups excluding carboxylic acids is 3. The largest absolute Gasteiger partial charge is 0.507 e. The SMILES string of the molecule is CN1C(=O)C2C(CO)N(CCC(N)=O)C(OC(=O)O)(c3ccc(C(=N)N)cc3)C2C1=O. The number of nitrogens with two attached hydrogens (primary N) is 2. The molecule has 2 heterocycles. The van der Waals surface area contributed by atoms with Crippen LogP contribution in [0.1, 0.15) is 17.5 Å². The van der Waals surface area contributed by atoms with Gasteiger partial charge in [0.05, 0.1) is 12.5 Å². The minimum Gasteiger partial charge on any atom is -0.450 e. The van der Waals surface area contributed by atoms with E-state index in [1.165, 1.54) is 36.2 Å². The number of ether oxygens (including phenoxy) is 1. The number of nitrogens with one attached hydrogen (secondary N) is 1. The summed E-state index contributed by atoms with van der Waals surface area (Å²) in [6, 6.07) is 4.76. The Hall–Kier alpha value is -3.51. The third kappa shape index (κ3) is 3.39. The Bertz CT molecular complexity index is 949. The second kappa shape index (κ2) is 7.96. The molecule has 0 saturated carbocycles. The van der Waals surface area contributed by atoms with Crippen molar-refractivity contribution in [2.75, 3.05) is 20.2 Å². The number of nitrogen functional groups attached to an aromatic ring is 1. The zero-order chi connectivity index (χ0) is 23.1. The maximum atomic E-state index is 13.1. The molecule has 0 aromatic heterocycles. The van der Waals surface area contributed by atoms with Gasteiger partial charge in [0.2, 0.25) is 23.4 Å². The van der Waals surface area contributed by atoms with Crippen molar-refractivity contribution >= 4 is 29.7 Å². The van der Waals surface area contributed by atoms with E-state index >= 15 is 0 Å². The fourth-order valence-corrected chi connectivity index (χ4v) is 4.58. The summed E-state index contributed by atoms with van der Waals surface area (Å²) < 4.78 is 5.34. The molecule has 4 atom stereocenters. The number of hydrogen-bond donors (Lipinski definition) is 5. The second-order valence-corrected chi connectivity index (χ2v) is 7.45. The lowest BCUT2D eigenvalue weighted by Crippen LogP contribution is -2.55. The van der Waals surface area contributed by atoms with Crippen LogP contribution in [0.3, 0.4) is 0 Å². The van der Waals surface area contributed by atoms with Crippen LogP contribution < -0.4 is 11.5 Å². The topological polar surface area (TPSA) is 200 Å². The normalized spacial score (nSPS) is 27.9. The molecule has 0 spiro atoms. The lowest BCUT2D eigenvalue weighted by atomic mass is 9.83. The Kier molecular flexibility index (Phi) is 5.70. The van der Waals surface area contributed by atoms with E-state index < -0.39 is 54.1 Å². The number of fused-ring (bicyclic) bond motifs is 1. The number of likely N-dealkylation sites (tertiary alicyclic amines) is 2. The number of amides is 3. The van der Waals surface area contributed by atoms with Crippen molar-refractivity contribution < 1.29 is 34.1 Å². The molecule has 3 rings (SSSR count). The molecule has 2 fully saturated rings. The predicted octanol–water partition coefficient (Wildman–Crippen LogP) is -1.40. The average Bonchev–Trinajstić information content (AvgIpc) is 3.11. The van der Waals surface area contributed by atoms with Gasteiger partial charge in [0, 0.05) is 37.2 Å². The van der Waals surface area contributed by atoms with E-state index in [2.05, 4.69) is 0 Å². The van der Waals surface area contributed by atoms with E-state index in [4.69, 9.17) is 21.6 Å². The molecule has 4 unspecified atom stereocenters. The number of primary amides is 1. The summed E-state index contributed by atoms with van der Waals surface area (Å²) in [7, 11) is 1.27. The smallest absolute Gasteiger partial charge is 0.450 e. The molecule has 1 aromatic carbocycles. The zero-order valence-electron chi connectivity index (χ0n) is 16.6. The van der Waals surface area contributed by atoms with Gasteiger partial charge in [-0.2, -0.15) is 0 Å². The molecule has 3 amide bonds. The first-order valence-corrected chi connectivity index (χ1v) is 9.40. The van der Waals surface area contributed by atoms with Crippen molar-refractivity contribution in [3.8, 4) is 0 Å². The van der Waals surface area contributed by atoms with Gasteiger partial charge in [0.15, 0.2) is 0 Å². The van der Waals surface area contributed by atoms with Crippen molar-refractivity contribution in [1.29, 1.82) is 5.41 Å². The standard InChI is InChI=1S/C19H23N5O7/c1-23-16(27)13-11(8-25)24(7-6-12(20)26)19(31-18(29)30,14(13)17(23)28)10-4-2-9(3-5-10)15(21)22/h2-5,11,13-14,25H,6-8H2,1H3,(H2,20,26)(H3,21,22)(H,29,30). The summed E-state index contributed by atoms with van der Waals surface area (Å²) in [5, 5.41) is 27.2. The van der Waals surface area contributed by atoms with Crippen molar-refractivity contribution in [3.63, 3.8) is 0 Å². The Morgan fingerprint density at radius 2 is 1.81 bits per heavy atom. The fraction of sp³-hybridized carbons (Fsp3) is 0.421. The average molecular weight is 433 g/mol. The van der Waals surface area contributed by atoms with Gasteiger partial charge in [-0.05, 0) is 0 Å². The van der Waals surface area contributed by atoms with Crippen LogP contribution in [0.5, 0.6) is 0 Å². The molecular weight excluding hydrogens is 410 g/mol.